The molecular weight excluding hydrogens is 276 g/mol. The van der Waals surface area contributed by atoms with Crippen molar-refractivity contribution >= 4 is 0 Å². The normalized spacial score (nSPS) is 26.8. The second-order valence-corrected chi connectivity index (χ2v) is 8.04. The monoisotopic (exact) mass is 304 g/mol. The van der Waals surface area contributed by atoms with Gasteiger partial charge in [-0.2, -0.15) is 0 Å². The molecule has 4 rings (SSSR count). The highest BCUT2D eigenvalue weighted by Crippen LogP contribution is 2.67. The van der Waals surface area contributed by atoms with E-state index in [0.29, 0.717) is 11.3 Å². The molecule has 120 valence electrons. The number of aryl methyl sites for hydroxylation is 1. The average Bonchev–Trinajstić information content (AvgIpc) is 3.10. The molecule has 2 aliphatic carbocycles. The molecule has 23 heavy (non-hydrogen) atoms. The summed E-state index contributed by atoms with van der Waals surface area (Å²) in [5, 5.41) is 0. The van der Waals surface area contributed by atoms with Gasteiger partial charge in [0.25, 0.3) is 0 Å². The van der Waals surface area contributed by atoms with E-state index in [1.54, 1.807) is 5.56 Å². The molecule has 3 unspecified atom stereocenters. The van der Waals surface area contributed by atoms with Crippen LogP contribution in [0.4, 0.5) is 0 Å². The van der Waals surface area contributed by atoms with Gasteiger partial charge in [-0.05, 0) is 85.5 Å². The summed E-state index contributed by atoms with van der Waals surface area (Å²) in [5.41, 5.74) is 6.75. The minimum Gasteiger partial charge on any atom is -0.0622 e. The second-order valence-electron chi connectivity index (χ2n) is 8.04. The molecule has 0 nitrogen and oxygen atoms in total. The molecular formula is C23H28. The Hall–Kier alpha value is -1.56. The maximum absolute atomic E-state index is 2.39. The summed E-state index contributed by atoms with van der Waals surface area (Å²) in [6, 6.07) is 18.0. The third kappa shape index (κ3) is 2.84. The lowest BCUT2D eigenvalue weighted by Gasteiger charge is -2.25. The lowest BCUT2D eigenvalue weighted by Crippen LogP contribution is -2.12. The summed E-state index contributed by atoms with van der Waals surface area (Å²) >= 11 is 0. The van der Waals surface area contributed by atoms with Crippen LogP contribution in [0.5, 0.6) is 0 Å². The number of benzene rings is 2. The Morgan fingerprint density at radius 2 is 1.87 bits per heavy atom. The van der Waals surface area contributed by atoms with E-state index in [2.05, 4.69) is 62.4 Å². The van der Waals surface area contributed by atoms with E-state index < -0.39 is 0 Å². The molecule has 0 saturated heterocycles. The van der Waals surface area contributed by atoms with Gasteiger partial charge < -0.3 is 0 Å². The summed E-state index contributed by atoms with van der Waals surface area (Å²) in [6.07, 6.45) is 8.54. The van der Waals surface area contributed by atoms with Crippen LogP contribution in [0.3, 0.4) is 0 Å². The third-order valence-corrected chi connectivity index (χ3v) is 6.65. The summed E-state index contributed by atoms with van der Waals surface area (Å²) in [6.45, 7) is 4.57. The highest BCUT2D eigenvalue weighted by Gasteiger charge is 2.56. The first-order valence-corrected chi connectivity index (χ1v) is 9.28. The van der Waals surface area contributed by atoms with E-state index in [-0.39, 0.29) is 0 Å². The first-order valence-electron chi connectivity index (χ1n) is 9.28. The van der Waals surface area contributed by atoms with Crippen LogP contribution in [0.2, 0.25) is 0 Å². The highest BCUT2D eigenvalue weighted by atomic mass is 14.6. The van der Waals surface area contributed by atoms with Crippen molar-refractivity contribution in [3.63, 3.8) is 0 Å². The highest BCUT2D eigenvalue weighted by molar-refractivity contribution is 5.37. The van der Waals surface area contributed by atoms with Crippen LogP contribution in [-0.2, 0) is 6.42 Å². The Morgan fingerprint density at radius 1 is 1.04 bits per heavy atom. The quantitative estimate of drug-likeness (QED) is 0.616. The first kappa shape index (κ1) is 15.0. The summed E-state index contributed by atoms with van der Waals surface area (Å²) in [4.78, 5) is 0. The molecule has 3 atom stereocenters. The zero-order valence-electron chi connectivity index (χ0n) is 14.5. The largest absolute Gasteiger partial charge is 0.0622 e. The minimum atomic E-state index is 0.681. The molecule has 2 aromatic carbocycles. The Balaban J connectivity index is 1.64. The fourth-order valence-electron chi connectivity index (χ4n) is 5.10. The standard InChI is InChI=1S/C23H28/c1-17-8-6-12-22(18(17)2)20(14-19-9-4-3-5-10-19)15-23-13-7-11-21(23)16-23/h3-6,8-10,12,20-21H,7,11,13-16H2,1-2H3. The molecule has 0 heteroatoms. The van der Waals surface area contributed by atoms with Gasteiger partial charge >= 0.3 is 0 Å². The van der Waals surface area contributed by atoms with Crippen molar-refractivity contribution in [2.45, 2.75) is 58.3 Å². The van der Waals surface area contributed by atoms with Crippen molar-refractivity contribution in [2.24, 2.45) is 11.3 Å². The SMILES string of the molecule is Cc1cccc(C(Cc2ccccc2)CC23CCCC2C3)c1C. The van der Waals surface area contributed by atoms with E-state index in [0.717, 1.165) is 5.92 Å². The predicted octanol–water partition coefficient (Wildman–Crippen LogP) is 6.21. The van der Waals surface area contributed by atoms with Crippen LogP contribution in [-0.4, -0.2) is 0 Å². The fraction of sp³-hybridized carbons (Fsp3) is 0.478. The zero-order valence-corrected chi connectivity index (χ0v) is 14.5. The number of rotatable bonds is 5. The molecule has 2 saturated carbocycles. The number of hydrogen-bond donors (Lipinski definition) is 0. The lowest BCUT2D eigenvalue weighted by atomic mass is 9.79. The fourth-order valence-corrected chi connectivity index (χ4v) is 5.10. The van der Waals surface area contributed by atoms with E-state index >= 15 is 0 Å². The van der Waals surface area contributed by atoms with E-state index in [1.165, 1.54) is 55.2 Å². The Morgan fingerprint density at radius 3 is 2.57 bits per heavy atom. The number of hydrogen-bond acceptors (Lipinski definition) is 0. The van der Waals surface area contributed by atoms with Gasteiger partial charge in [0, 0.05) is 0 Å². The van der Waals surface area contributed by atoms with Crippen LogP contribution in [0.25, 0.3) is 0 Å². The minimum absolute atomic E-state index is 0.681. The topological polar surface area (TPSA) is 0 Å². The van der Waals surface area contributed by atoms with Crippen molar-refractivity contribution < 1.29 is 0 Å². The number of fused-ring (bicyclic) bond motifs is 1. The van der Waals surface area contributed by atoms with Crippen molar-refractivity contribution in [3.05, 3.63) is 70.8 Å². The van der Waals surface area contributed by atoms with Crippen molar-refractivity contribution in [3.8, 4) is 0 Å². The molecule has 2 aliphatic rings. The van der Waals surface area contributed by atoms with Crippen LogP contribution in [0, 0.1) is 25.2 Å². The molecule has 0 aromatic heterocycles. The second kappa shape index (κ2) is 5.82. The molecule has 0 heterocycles. The van der Waals surface area contributed by atoms with Crippen molar-refractivity contribution in [1.29, 1.82) is 0 Å². The Kier molecular flexibility index (Phi) is 3.79. The first-order chi connectivity index (χ1) is 11.2. The lowest BCUT2D eigenvalue weighted by molar-refractivity contribution is 0.394. The maximum Gasteiger partial charge on any atom is -0.0113 e. The summed E-state index contributed by atoms with van der Waals surface area (Å²) in [7, 11) is 0. The van der Waals surface area contributed by atoms with Gasteiger partial charge in [-0.15, -0.1) is 0 Å². The van der Waals surface area contributed by atoms with E-state index in [4.69, 9.17) is 0 Å². The van der Waals surface area contributed by atoms with Crippen LogP contribution in [0.1, 0.15) is 60.3 Å². The maximum atomic E-state index is 2.39. The molecule has 2 aromatic rings. The molecule has 0 N–H and O–H groups in total. The van der Waals surface area contributed by atoms with Gasteiger partial charge in [0.05, 0.1) is 0 Å². The summed E-state index contributed by atoms with van der Waals surface area (Å²) < 4.78 is 0. The predicted molar refractivity (Wildman–Crippen MR) is 97.8 cm³/mol. The van der Waals surface area contributed by atoms with Crippen LogP contribution < -0.4 is 0 Å². The van der Waals surface area contributed by atoms with Gasteiger partial charge in [-0.25, -0.2) is 0 Å². The molecule has 0 spiro atoms. The molecule has 0 radical (unpaired) electrons. The smallest absolute Gasteiger partial charge is 0.0113 e. The summed E-state index contributed by atoms with van der Waals surface area (Å²) in [5.74, 6) is 1.73. The molecule has 0 bridgehead atoms. The van der Waals surface area contributed by atoms with E-state index in [9.17, 15) is 0 Å². The molecule has 0 amide bonds. The Labute approximate surface area is 140 Å². The van der Waals surface area contributed by atoms with Crippen molar-refractivity contribution in [2.75, 3.05) is 0 Å². The van der Waals surface area contributed by atoms with Gasteiger partial charge in [-0.1, -0.05) is 55.0 Å². The average molecular weight is 304 g/mol. The van der Waals surface area contributed by atoms with E-state index in [1.807, 2.05) is 0 Å². The zero-order chi connectivity index (χ0) is 15.9. The van der Waals surface area contributed by atoms with Gasteiger partial charge in [0.15, 0.2) is 0 Å². The van der Waals surface area contributed by atoms with Gasteiger partial charge in [0.2, 0.25) is 0 Å². The Bertz CT molecular complexity index is 684. The molecule has 2 fully saturated rings. The van der Waals surface area contributed by atoms with Gasteiger partial charge in [0.1, 0.15) is 0 Å². The van der Waals surface area contributed by atoms with Gasteiger partial charge in [-0.3, -0.25) is 0 Å². The van der Waals surface area contributed by atoms with Crippen molar-refractivity contribution in [1.82, 2.24) is 0 Å². The third-order valence-electron chi connectivity index (χ3n) is 6.65. The van der Waals surface area contributed by atoms with Crippen LogP contribution >= 0.6 is 0 Å². The molecule has 0 aliphatic heterocycles. The van der Waals surface area contributed by atoms with Crippen LogP contribution in [0.15, 0.2) is 48.5 Å².